The summed E-state index contributed by atoms with van der Waals surface area (Å²) in [5, 5.41) is 0. The summed E-state index contributed by atoms with van der Waals surface area (Å²) in [5.41, 5.74) is 6.46. The van der Waals surface area contributed by atoms with E-state index in [1.165, 1.54) is 0 Å². The van der Waals surface area contributed by atoms with Gasteiger partial charge in [-0.3, -0.25) is 4.98 Å². The molecule has 3 heteroatoms. The van der Waals surface area contributed by atoms with Crippen LogP contribution < -0.4 is 5.73 Å². The molecule has 0 spiro atoms. The van der Waals surface area contributed by atoms with Crippen LogP contribution in [-0.4, -0.2) is 17.3 Å². The molecule has 1 heterocycles. The Labute approximate surface area is 65.2 Å². The molecule has 0 saturated carbocycles. The quantitative estimate of drug-likeness (QED) is 0.624. The predicted octanol–water partition coefficient (Wildman–Crippen LogP) is 0.150. The average Bonchev–Trinajstić information content (AvgIpc) is 2.06. The van der Waals surface area contributed by atoms with E-state index < -0.39 is 6.04 Å². The van der Waals surface area contributed by atoms with Crippen molar-refractivity contribution in [3.05, 3.63) is 30.1 Å². The molecule has 0 radical (unpaired) electrons. The molecule has 0 saturated heterocycles. The number of pyridine rings is 1. The number of rotatable bonds is 3. The highest BCUT2D eigenvalue weighted by Crippen LogP contribution is 1.98. The van der Waals surface area contributed by atoms with Crippen LogP contribution in [0.25, 0.3) is 0 Å². The van der Waals surface area contributed by atoms with Crippen molar-refractivity contribution < 1.29 is 4.79 Å². The Hall–Kier alpha value is -1.22. The zero-order valence-corrected chi connectivity index (χ0v) is 6.10. The lowest BCUT2D eigenvalue weighted by molar-refractivity contribution is -0.108. The van der Waals surface area contributed by atoms with E-state index in [1.807, 2.05) is 12.1 Å². The smallest absolute Gasteiger partial charge is 0.137 e. The minimum atomic E-state index is -0.391. The molecule has 0 bridgehead atoms. The number of nitrogens with two attached hydrogens (primary N) is 1. The van der Waals surface area contributed by atoms with Gasteiger partial charge >= 0.3 is 0 Å². The lowest BCUT2D eigenvalue weighted by atomic mass is 10.1. The fraction of sp³-hybridized carbons (Fsp3) is 0.250. The summed E-state index contributed by atoms with van der Waals surface area (Å²) in [4.78, 5) is 14.0. The highest BCUT2D eigenvalue weighted by atomic mass is 16.1. The molecule has 58 valence electrons. The zero-order chi connectivity index (χ0) is 8.10. The summed E-state index contributed by atoms with van der Waals surface area (Å²) < 4.78 is 0. The van der Waals surface area contributed by atoms with E-state index in [9.17, 15) is 4.79 Å². The molecule has 1 atom stereocenters. The monoisotopic (exact) mass is 150 g/mol. The summed E-state index contributed by atoms with van der Waals surface area (Å²) in [7, 11) is 0. The van der Waals surface area contributed by atoms with Crippen LogP contribution in [0.5, 0.6) is 0 Å². The highest BCUT2D eigenvalue weighted by molar-refractivity contribution is 5.57. The molecule has 0 aliphatic carbocycles. The van der Waals surface area contributed by atoms with Crippen LogP contribution in [0.4, 0.5) is 0 Å². The minimum Gasteiger partial charge on any atom is -0.321 e. The van der Waals surface area contributed by atoms with Gasteiger partial charge in [-0.15, -0.1) is 0 Å². The van der Waals surface area contributed by atoms with Crippen LogP contribution in [0.1, 0.15) is 5.56 Å². The van der Waals surface area contributed by atoms with Crippen LogP contribution in [0.2, 0.25) is 0 Å². The maximum atomic E-state index is 10.2. The van der Waals surface area contributed by atoms with Crippen LogP contribution >= 0.6 is 0 Å². The summed E-state index contributed by atoms with van der Waals surface area (Å²) in [5.74, 6) is 0. The third kappa shape index (κ3) is 2.47. The van der Waals surface area contributed by atoms with Gasteiger partial charge in [0.15, 0.2) is 0 Å². The molecule has 0 aliphatic rings. The van der Waals surface area contributed by atoms with E-state index in [-0.39, 0.29) is 0 Å². The zero-order valence-electron chi connectivity index (χ0n) is 6.10. The number of aldehydes is 1. The SMILES string of the molecule is N[C@H](C=O)Cc1ccncc1. The molecule has 0 fully saturated rings. The minimum absolute atomic E-state index is 0.391. The van der Waals surface area contributed by atoms with Crippen molar-refractivity contribution in [2.24, 2.45) is 5.73 Å². The molecule has 2 N–H and O–H groups in total. The van der Waals surface area contributed by atoms with Crippen molar-refractivity contribution in [1.29, 1.82) is 0 Å². The first-order chi connectivity index (χ1) is 5.33. The molecule has 1 rings (SSSR count). The van der Waals surface area contributed by atoms with Gasteiger partial charge in [-0.1, -0.05) is 0 Å². The maximum Gasteiger partial charge on any atom is 0.137 e. The molecule has 0 amide bonds. The molecule has 0 aliphatic heterocycles. The van der Waals surface area contributed by atoms with Gasteiger partial charge in [0.25, 0.3) is 0 Å². The first-order valence-electron chi connectivity index (χ1n) is 3.42. The average molecular weight is 150 g/mol. The maximum absolute atomic E-state index is 10.2. The summed E-state index contributed by atoms with van der Waals surface area (Å²) >= 11 is 0. The Morgan fingerprint density at radius 3 is 2.73 bits per heavy atom. The predicted molar refractivity (Wildman–Crippen MR) is 42.0 cm³/mol. The topological polar surface area (TPSA) is 56.0 Å². The van der Waals surface area contributed by atoms with Gasteiger partial charge in [-0.2, -0.15) is 0 Å². The largest absolute Gasteiger partial charge is 0.321 e. The first kappa shape index (κ1) is 7.88. The second-order valence-electron chi connectivity index (χ2n) is 2.36. The Morgan fingerprint density at radius 2 is 2.18 bits per heavy atom. The van der Waals surface area contributed by atoms with Crippen molar-refractivity contribution >= 4 is 6.29 Å². The Balaban J connectivity index is 2.57. The summed E-state index contributed by atoms with van der Waals surface area (Å²) in [6, 6.07) is 3.31. The second kappa shape index (κ2) is 3.83. The van der Waals surface area contributed by atoms with E-state index in [4.69, 9.17) is 5.73 Å². The summed E-state index contributed by atoms with van der Waals surface area (Å²) in [6.07, 6.45) is 4.71. The fourth-order valence-corrected chi connectivity index (χ4v) is 0.839. The normalized spacial score (nSPS) is 12.5. The van der Waals surface area contributed by atoms with Gasteiger partial charge in [0.2, 0.25) is 0 Å². The van der Waals surface area contributed by atoms with Crippen LogP contribution in [0, 0.1) is 0 Å². The second-order valence-corrected chi connectivity index (χ2v) is 2.36. The third-order valence-electron chi connectivity index (χ3n) is 1.40. The molecule has 11 heavy (non-hydrogen) atoms. The van der Waals surface area contributed by atoms with Gasteiger partial charge in [-0.05, 0) is 24.1 Å². The number of hydrogen-bond acceptors (Lipinski definition) is 3. The Morgan fingerprint density at radius 1 is 1.55 bits per heavy atom. The van der Waals surface area contributed by atoms with Gasteiger partial charge in [0, 0.05) is 12.4 Å². The Kier molecular flexibility index (Phi) is 2.74. The van der Waals surface area contributed by atoms with Crippen molar-refractivity contribution in [3.8, 4) is 0 Å². The van der Waals surface area contributed by atoms with Gasteiger partial charge in [0.1, 0.15) is 6.29 Å². The third-order valence-corrected chi connectivity index (χ3v) is 1.40. The lowest BCUT2D eigenvalue weighted by Gasteiger charge is -2.01. The van der Waals surface area contributed by atoms with Gasteiger partial charge in [-0.25, -0.2) is 0 Å². The van der Waals surface area contributed by atoms with E-state index >= 15 is 0 Å². The molecule has 0 aromatic carbocycles. The van der Waals surface area contributed by atoms with E-state index in [0.717, 1.165) is 11.8 Å². The first-order valence-corrected chi connectivity index (χ1v) is 3.42. The van der Waals surface area contributed by atoms with E-state index in [2.05, 4.69) is 4.98 Å². The van der Waals surface area contributed by atoms with Crippen LogP contribution in [-0.2, 0) is 11.2 Å². The lowest BCUT2D eigenvalue weighted by Crippen LogP contribution is -2.23. The number of nitrogens with zero attached hydrogens (tertiary/aromatic N) is 1. The molecule has 0 unspecified atom stereocenters. The van der Waals surface area contributed by atoms with Gasteiger partial charge in [0.05, 0.1) is 6.04 Å². The van der Waals surface area contributed by atoms with E-state index in [0.29, 0.717) is 6.42 Å². The molecule has 1 aromatic rings. The van der Waals surface area contributed by atoms with Crippen LogP contribution in [0.15, 0.2) is 24.5 Å². The number of aromatic nitrogens is 1. The van der Waals surface area contributed by atoms with E-state index in [1.54, 1.807) is 12.4 Å². The highest BCUT2D eigenvalue weighted by Gasteiger charge is 1.99. The Bertz CT molecular complexity index is 223. The fourth-order valence-electron chi connectivity index (χ4n) is 0.839. The van der Waals surface area contributed by atoms with Crippen molar-refractivity contribution in [3.63, 3.8) is 0 Å². The van der Waals surface area contributed by atoms with Crippen molar-refractivity contribution in [2.75, 3.05) is 0 Å². The number of carbonyl (C=O) groups excluding carboxylic acids is 1. The molecule has 1 aromatic heterocycles. The number of carbonyl (C=O) groups is 1. The standard InChI is InChI=1S/C8H10N2O/c9-8(6-11)5-7-1-3-10-4-2-7/h1-4,6,8H,5,9H2/t8-/m0/s1. The molecular formula is C8H10N2O. The van der Waals surface area contributed by atoms with Crippen molar-refractivity contribution in [1.82, 2.24) is 4.98 Å². The van der Waals surface area contributed by atoms with Gasteiger partial charge < -0.3 is 10.5 Å². The molecular weight excluding hydrogens is 140 g/mol. The molecule has 3 nitrogen and oxygen atoms in total. The van der Waals surface area contributed by atoms with Crippen molar-refractivity contribution in [2.45, 2.75) is 12.5 Å². The summed E-state index contributed by atoms with van der Waals surface area (Å²) in [6.45, 7) is 0. The number of hydrogen-bond donors (Lipinski definition) is 1. The van der Waals surface area contributed by atoms with Crippen LogP contribution in [0.3, 0.4) is 0 Å².